The van der Waals surface area contributed by atoms with Gasteiger partial charge in [0.15, 0.2) is 0 Å². The Kier molecular flexibility index (Phi) is 5.13. The van der Waals surface area contributed by atoms with Crippen molar-refractivity contribution in [3.63, 3.8) is 0 Å². The number of aliphatic imine (C=N–C) groups is 1. The zero-order chi connectivity index (χ0) is 15.9. The van der Waals surface area contributed by atoms with Crippen LogP contribution in [0.4, 0.5) is 0 Å². The largest absolute Gasteiger partial charge is 0.497 e. The van der Waals surface area contributed by atoms with Crippen LogP contribution in [-0.2, 0) is 4.74 Å². The summed E-state index contributed by atoms with van der Waals surface area (Å²) in [6, 6.07) is 11.5. The van der Waals surface area contributed by atoms with Gasteiger partial charge in [0.25, 0.3) is 0 Å². The zero-order valence-electron chi connectivity index (χ0n) is 12.4. The van der Waals surface area contributed by atoms with Crippen LogP contribution in [0, 0.1) is 28.6 Å². The first-order valence-electron chi connectivity index (χ1n) is 6.83. The lowest BCUT2D eigenvalue weighted by Crippen LogP contribution is -2.31. The van der Waals surface area contributed by atoms with Gasteiger partial charge in [0, 0.05) is 12.8 Å². The molecular formula is C16H16N4O2. The van der Waals surface area contributed by atoms with Gasteiger partial charge >= 0.3 is 0 Å². The molecule has 0 fully saturated rings. The van der Waals surface area contributed by atoms with Crippen molar-refractivity contribution < 1.29 is 9.47 Å². The van der Waals surface area contributed by atoms with Gasteiger partial charge in [-0.15, -0.1) is 0 Å². The lowest BCUT2D eigenvalue weighted by molar-refractivity contribution is 0.0375. The lowest BCUT2D eigenvalue weighted by atomic mass is 10.0. The van der Waals surface area contributed by atoms with Gasteiger partial charge in [0.1, 0.15) is 29.8 Å². The molecule has 0 spiro atoms. The maximum atomic E-state index is 9.24. The fourth-order valence-corrected chi connectivity index (χ4v) is 2.10. The van der Waals surface area contributed by atoms with Crippen molar-refractivity contribution in [3.05, 3.63) is 41.2 Å². The van der Waals surface area contributed by atoms with E-state index in [4.69, 9.17) is 9.47 Å². The summed E-state index contributed by atoms with van der Waals surface area (Å²) in [6.07, 6.45) is 1.09. The molecule has 0 bridgehead atoms. The molecule has 1 heterocycles. The Labute approximate surface area is 129 Å². The Hall–Kier alpha value is -2.83. The molecule has 0 amide bonds. The number of hydrogen-bond acceptors (Lipinski definition) is 6. The summed E-state index contributed by atoms with van der Waals surface area (Å²) >= 11 is 0. The molecule has 1 aromatic rings. The maximum Gasteiger partial charge on any atom is 0.149 e. The summed E-state index contributed by atoms with van der Waals surface area (Å²) in [4.78, 5) is 4.28. The quantitative estimate of drug-likeness (QED) is 0.839. The predicted octanol–water partition coefficient (Wildman–Crippen LogP) is 1.95. The summed E-state index contributed by atoms with van der Waals surface area (Å²) in [5.74, 6) is 0.491. The van der Waals surface area contributed by atoms with Gasteiger partial charge in [0.2, 0.25) is 0 Å². The summed E-state index contributed by atoms with van der Waals surface area (Å²) in [5.41, 5.74) is 1.16. The second kappa shape index (κ2) is 7.26. The number of ether oxygens (including phenoxy) is 2. The molecule has 6 nitrogen and oxygen atoms in total. The molecule has 1 aliphatic heterocycles. The van der Waals surface area contributed by atoms with Gasteiger partial charge in [-0.25, -0.2) is 4.99 Å². The van der Waals surface area contributed by atoms with Crippen molar-refractivity contribution in [2.24, 2.45) is 10.9 Å². The van der Waals surface area contributed by atoms with E-state index < -0.39 is 12.1 Å². The van der Waals surface area contributed by atoms with E-state index in [-0.39, 0.29) is 0 Å². The second-order valence-electron chi connectivity index (χ2n) is 4.53. The Morgan fingerprint density at radius 1 is 1.32 bits per heavy atom. The maximum absolute atomic E-state index is 9.24. The Morgan fingerprint density at radius 3 is 2.59 bits per heavy atom. The SMILES string of the molecule is CCO[C@H]1NC(N=Cc2ccc(OC)cc2)=C(C#N)[C@H]1C#N. The molecule has 0 aromatic heterocycles. The van der Waals surface area contributed by atoms with Crippen molar-refractivity contribution in [2.45, 2.75) is 13.2 Å². The number of hydrogen-bond donors (Lipinski definition) is 1. The minimum Gasteiger partial charge on any atom is -0.497 e. The third kappa shape index (κ3) is 3.25. The van der Waals surface area contributed by atoms with E-state index in [1.54, 1.807) is 13.3 Å². The number of nitrogens with one attached hydrogen (secondary N) is 1. The monoisotopic (exact) mass is 296 g/mol. The van der Waals surface area contributed by atoms with Gasteiger partial charge in [-0.05, 0) is 36.8 Å². The fourth-order valence-electron chi connectivity index (χ4n) is 2.10. The molecule has 1 aliphatic rings. The van der Waals surface area contributed by atoms with E-state index in [0.29, 0.717) is 18.0 Å². The van der Waals surface area contributed by atoms with Crippen LogP contribution in [-0.4, -0.2) is 26.2 Å². The van der Waals surface area contributed by atoms with Gasteiger partial charge < -0.3 is 14.8 Å². The topological polar surface area (TPSA) is 90.4 Å². The number of rotatable bonds is 5. The smallest absolute Gasteiger partial charge is 0.149 e. The normalized spacial score (nSPS) is 20.5. The van der Waals surface area contributed by atoms with Crippen molar-refractivity contribution in [3.8, 4) is 17.9 Å². The molecule has 0 unspecified atom stereocenters. The Balaban J connectivity index is 2.21. The molecule has 1 N–H and O–H groups in total. The molecule has 0 saturated carbocycles. The van der Waals surface area contributed by atoms with E-state index in [1.807, 2.05) is 37.3 Å². The van der Waals surface area contributed by atoms with Crippen molar-refractivity contribution in [1.82, 2.24) is 5.32 Å². The van der Waals surface area contributed by atoms with E-state index in [1.165, 1.54) is 0 Å². The highest BCUT2D eigenvalue weighted by molar-refractivity contribution is 5.80. The van der Waals surface area contributed by atoms with Crippen LogP contribution in [0.15, 0.2) is 40.7 Å². The molecule has 2 atom stereocenters. The first kappa shape index (κ1) is 15.6. The van der Waals surface area contributed by atoms with Crippen molar-refractivity contribution in [2.75, 3.05) is 13.7 Å². The average molecular weight is 296 g/mol. The first-order chi connectivity index (χ1) is 10.7. The Bertz CT molecular complexity index is 665. The summed E-state index contributed by atoms with van der Waals surface area (Å²) in [5, 5.41) is 21.4. The summed E-state index contributed by atoms with van der Waals surface area (Å²) < 4.78 is 10.5. The van der Waals surface area contributed by atoms with Crippen LogP contribution in [0.1, 0.15) is 12.5 Å². The number of nitrogens with zero attached hydrogens (tertiary/aromatic N) is 3. The highest BCUT2D eigenvalue weighted by atomic mass is 16.5. The predicted molar refractivity (Wildman–Crippen MR) is 80.9 cm³/mol. The zero-order valence-corrected chi connectivity index (χ0v) is 12.4. The van der Waals surface area contributed by atoms with Crippen LogP contribution >= 0.6 is 0 Å². The molecule has 0 radical (unpaired) electrons. The fraction of sp³-hybridized carbons (Fsp3) is 0.312. The van der Waals surface area contributed by atoms with Gasteiger partial charge in [-0.2, -0.15) is 10.5 Å². The lowest BCUT2D eigenvalue weighted by Gasteiger charge is -2.14. The van der Waals surface area contributed by atoms with E-state index in [9.17, 15) is 10.5 Å². The molecule has 0 aliphatic carbocycles. The van der Waals surface area contributed by atoms with Gasteiger partial charge in [-0.3, -0.25) is 0 Å². The number of methoxy groups -OCH3 is 1. The number of benzene rings is 1. The van der Waals surface area contributed by atoms with Gasteiger partial charge in [0.05, 0.1) is 18.8 Å². The molecule has 22 heavy (non-hydrogen) atoms. The van der Waals surface area contributed by atoms with Crippen molar-refractivity contribution >= 4 is 6.21 Å². The van der Waals surface area contributed by atoms with Crippen LogP contribution in [0.5, 0.6) is 5.75 Å². The molecule has 6 heteroatoms. The number of nitriles is 2. The van der Waals surface area contributed by atoms with E-state index in [0.717, 1.165) is 11.3 Å². The van der Waals surface area contributed by atoms with E-state index in [2.05, 4.69) is 16.4 Å². The van der Waals surface area contributed by atoms with Crippen LogP contribution in [0.2, 0.25) is 0 Å². The average Bonchev–Trinajstić information content (AvgIpc) is 2.90. The molecule has 112 valence electrons. The molecule has 0 saturated heterocycles. The standard InChI is InChI=1S/C16H16N4O2/c1-3-22-16-14(9-18)13(8-17)15(20-16)19-10-11-4-6-12(21-2)7-5-11/h4-7,10,14,16,20H,3H2,1-2H3/t14-,16-/m1/s1. The van der Waals surface area contributed by atoms with Crippen LogP contribution < -0.4 is 10.1 Å². The van der Waals surface area contributed by atoms with E-state index >= 15 is 0 Å². The third-order valence-corrected chi connectivity index (χ3v) is 3.21. The van der Waals surface area contributed by atoms with Gasteiger partial charge in [-0.1, -0.05) is 0 Å². The van der Waals surface area contributed by atoms with Crippen LogP contribution in [0.25, 0.3) is 0 Å². The van der Waals surface area contributed by atoms with Crippen LogP contribution in [0.3, 0.4) is 0 Å². The molecular weight excluding hydrogens is 280 g/mol. The second-order valence-corrected chi connectivity index (χ2v) is 4.53. The highest BCUT2D eigenvalue weighted by Crippen LogP contribution is 2.26. The van der Waals surface area contributed by atoms with Crippen molar-refractivity contribution in [1.29, 1.82) is 10.5 Å². The first-order valence-corrected chi connectivity index (χ1v) is 6.83. The molecule has 1 aromatic carbocycles. The highest BCUT2D eigenvalue weighted by Gasteiger charge is 2.35. The molecule has 2 rings (SSSR count). The Morgan fingerprint density at radius 2 is 2.05 bits per heavy atom. The summed E-state index contributed by atoms with van der Waals surface area (Å²) in [7, 11) is 1.60. The summed E-state index contributed by atoms with van der Waals surface area (Å²) in [6.45, 7) is 2.28. The third-order valence-electron chi connectivity index (χ3n) is 3.21. The minimum atomic E-state index is -0.645. The minimum absolute atomic E-state index is 0.297.